The van der Waals surface area contributed by atoms with E-state index < -0.39 is 5.97 Å². The first-order valence-electron chi connectivity index (χ1n) is 4.18. The van der Waals surface area contributed by atoms with Gasteiger partial charge in [-0.25, -0.2) is 9.78 Å². The molecule has 0 aliphatic rings. The molecule has 1 heterocycles. The second-order valence-corrected chi connectivity index (χ2v) is 4.06. The number of nitrogens with zero attached hydrogens (tertiary/aromatic N) is 1. The lowest BCUT2D eigenvalue weighted by Crippen LogP contribution is -2.04. The molecule has 0 saturated heterocycles. The SMILES string of the molecule is COC(=O)c1nc(C(C)OC)sc1C. The van der Waals surface area contributed by atoms with Crippen molar-refractivity contribution in [3.8, 4) is 0 Å². The van der Waals surface area contributed by atoms with Gasteiger partial charge in [-0.2, -0.15) is 0 Å². The molecule has 0 bridgehead atoms. The van der Waals surface area contributed by atoms with Gasteiger partial charge in [0.05, 0.1) is 7.11 Å². The highest BCUT2D eigenvalue weighted by Crippen LogP contribution is 2.25. The second-order valence-electron chi connectivity index (χ2n) is 2.83. The topological polar surface area (TPSA) is 48.4 Å². The third-order valence-corrected chi connectivity index (χ3v) is 3.03. The standard InChI is InChI=1S/C9H13NO3S/c1-5(12-3)8-10-7(6(2)14-8)9(11)13-4/h5H,1-4H3. The summed E-state index contributed by atoms with van der Waals surface area (Å²) in [7, 11) is 2.96. The third kappa shape index (κ3) is 2.10. The van der Waals surface area contributed by atoms with E-state index in [1.54, 1.807) is 7.11 Å². The summed E-state index contributed by atoms with van der Waals surface area (Å²) in [4.78, 5) is 16.3. The minimum Gasteiger partial charge on any atom is -0.464 e. The van der Waals surface area contributed by atoms with Gasteiger partial charge in [0, 0.05) is 12.0 Å². The quantitative estimate of drug-likeness (QED) is 0.723. The average molecular weight is 215 g/mol. The summed E-state index contributed by atoms with van der Waals surface area (Å²) in [6, 6.07) is 0. The molecule has 14 heavy (non-hydrogen) atoms. The summed E-state index contributed by atoms with van der Waals surface area (Å²) in [6.07, 6.45) is -0.0860. The van der Waals surface area contributed by atoms with Gasteiger partial charge in [0.15, 0.2) is 5.69 Å². The molecule has 0 N–H and O–H groups in total. The van der Waals surface area contributed by atoms with Crippen LogP contribution in [0.5, 0.6) is 0 Å². The van der Waals surface area contributed by atoms with Crippen molar-refractivity contribution in [2.75, 3.05) is 14.2 Å². The molecule has 1 rings (SSSR count). The van der Waals surface area contributed by atoms with Crippen LogP contribution in [0.2, 0.25) is 0 Å². The molecule has 1 aromatic rings. The van der Waals surface area contributed by atoms with Gasteiger partial charge < -0.3 is 9.47 Å². The number of methoxy groups -OCH3 is 2. The van der Waals surface area contributed by atoms with Crippen molar-refractivity contribution in [3.63, 3.8) is 0 Å². The van der Waals surface area contributed by atoms with Crippen LogP contribution in [0.4, 0.5) is 0 Å². The summed E-state index contributed by atoms with van der Waals surface area (Å²) in [5.74, 6) is -0.395. The van der Waals surface area contributed by atoms with Crippen LogP contribution < -0.4 is 0 Å². The van der Waals surface area contributed by atoms with E-state index in [-0.39, 0.29) is 6.10 Å². The van der Waals surface area contributed by atoms with Crippen molar-refractivity contribution in [1.82, 2.24) is 4.98 Å². The highest BCUT2D eigenvalue weighted by molar-refractivity contribution is 7.11. The van der Waals surface area contributed by atoms with E-state index in [1.165, 1.54) is 18.4 Å². The summed E-state index contributed by atoms with van der Waals surface area (Å²) >= 11 is 1.45. The molecule has 0 spiro atoms. The van der Waals surface area contributed by atoms with Crippen molar-refractivity contribution in [2.24, 2.45) is 0 Å². The smallest absolute Gasteiger partial charge is 0.357 e. The zero-order valence-electron chi connectivity index (χ0n) is 8.66. The fraction of sp³-hybridized carbons (Fsp3) is 0.556. The first-order valence-corrected chi connectivity index (χ1v) is 5.00. The Kier molecular flexibility index (Phi) is 3.60. The van der Waals surface area contributed by atoms with Gasteiger partial charge >= 0.3 is 5.97 Å². The fourth-order valence-electron chi connectivity index (χ4n) is 0.978. The number of carbonyl (C=O) groups is 1. The number of ether oxygens (including phenoxy) is 2. The molecular formula is C9H13NO3S. The lowest BCUT2D eigenvalue weighted by molar-refractivity contribution is 0.0592. The molecule has 1 atom stereocenters. The van der Waals surface area contributed by atoms with Gasteiger partial charge in [0.25, 0.3) is 0 Å². The van der Waals surface area contributed by atoms with E-state index in [2.05, 4.69) is 9.72 Å². The molecule has 1 aromatic heterocycles. The number of carbonyl (C=O) groups excluding carboxylic acids is 1. The van der Waals surface area contributed by atoms with Crippen LogP contribution in [-0.2, 0) is 9.47 Å². The predicted molar refractivity (Wildman–Crippen MR) is 53.6 cm³/mol. The lowest BCUT2D eigenvalue weighted by atomic mass is 10.4. The van der Waals surface area contributed by atoms with Gasteiger partial charge in [0.2, 0.25) is 0 Å². The molecule has 0 aromatic carbocycles. The summed E-state index contributed by atoms with van der Waals surface area (Å²) < 4.78 is 9.72. The molecule has 0 fully saturated rings. The highest BCUT2D eigenvalue weighted by atomic mass is 32.1. The Morgan fingerprint density at radius 1 is 1.50 bits per heavy atom. The first kappa shape index (κ1) is 11.1. The van der Waals surface area contributed by atoms with Crippen LogP contribution in [0.25, 0.3) is 0 Å². The Morgan fingerprint density at radius 3 is 2.64 bits per heavy atom. The first-order chi connectivity index (χ1) is 6.60. The maximum Gasteiger partial charge on any atom is 0.357 e. The molecule has 0 amide bonds. The Balaban J connectivity index is 2.98. The van der Waals surface area contributed by atoms with Crippen molar-refractivity contribution >= 4 is 17.3 Å². The summed E-state index contributed by atoms with van der Waals surface area (Å²) in [6.45, 7) is 3.73. The molecule has 0 radical (unpaired) electrons. The maximum atomic E-state index is 11.2. The minimum absolute atomic E-state index is 0.0860. The second kappa shape index (κ2) is 4.52. The normalized spacial score (nSPS) is 12.6. The zero-order valence-corrected chi connectivity index (χ0v) is 9.47. The molecule has 0 saturated carbocycles. The molecule has 4 nitrogen and oxygen atoms in total. The van der Waals surface area contributed by atoms with Crippen molar-refractivity contribution in [3.05, 3.63) is 15.6 Å². The van der Waals surface area contributed by atoms with E-state index >= 15 is 0 Å². The predicted octanol–water partition coefficient (Wildman–Crippen LogP) is 1.95. The van der Waals surface area contributed by atoms with E-state index in [0.29, 0.717) is 5.69 Å². The highest BCUT2D eigenvalue weighted by Gasteiger charge is 2.18. The number of rotatable bonds is 3. The zero-order chi connectivity index (χ0) is 10.7. The Labute approximate surface area is 86.9 Å². The maximum absolute atomic E-state index is 11.2. The van der Waals surface area contributed by atoms with Crippen molar-refractivity contribution < 1.29 is 14.3 Å². The number of hydrogen-bond acceptors (Lipinski definition) is 5. The molecule has 78 valence electrons. The Bertz CT molecular complexity index is 335. The van der Waals surface area contributed by atoms with E-state index in [4.69, 9.17) is 4.74 Å². The lowest BCUT2D eigenvalue weighted by Gasteiger charge is -2.03. The molecule has 0 aliphatic carbocycles. The average Bonchev–Trinajstić information content (AvgIpc) is 2.58. The van der Waals surface area contributed by atoms with Gasteiger partial charge in [-0.05, 0) is 13.8 Å². The number of aryl methyl sites for hydroxylation is 1. The molecule has 0 aliphatic heterocycles. The van der Waals surface area contributed by atoms with E-state index in [9.17, 15) is 4.79 Å². The van der Waals surface area contributed by atoms with Crippen molar-refractivity contribution in [1.29, 1.82) is 0 Å². The van der Waals surface area contributed by atoms with Crippen LogP contribution in [0.1, 0.15) is 33.4 Å². The largest absolute Gasteiger partial charge is 0.464 e. The Hall–Kier alpha value is -0.940. The van der Waals surface area contributed by atoms with E-state index in [1.807, 2.05) is 13.8 Å². The van der Waals surface area contributed by atoms with Crippen LogP contribution >= 0.6 is 11.3 Å². The van der Waals surface area contributed by atoms with Gasteiger partial charge in [0.1, 0.15) is 11.1 Å². The monoisotopic (exact) mass is 215 g/mol. The van der Waals surface area contributed by atoms with Crippen LogP contribution in [0, 0.1) is 6.92 Å². The number of hydrogen-bond donors (Lipinski definition) is 0. The minimum atomic E-state index is -0.395. The fourth-order valence-corrected chi connectivity index (χ4v) is 1.92. The number of esters is 1. The summed E-state index contributed by atoms with van der Waals surface area (Å²) in [5.41, 5.74) is 0.386. The number of aromatic nitrogens is 1. The van der Waals surface area contributed by atoms with Crippen LogP contribution in [0.3, 0.4) is 0 Å². The molecule has 5 heteroatoms. The third-order valence-electron chi connectivity index (χ3n) is 1.89. The van der Waals surface area contributed by atoms with E-state index in [0.717, 1.165) is 9.88 Å². The van der Waals surface area contributed by atoms with Crippen LogP contribution in [0.15, 0.2) is 0 Å². The number of thiazole rings is 1. The molecular weight excluding hydrogens is 202 g/mol. The Morgan fingerprint density at radius 2 is 2.14 bits per heavy atom. The van der Waals surface area contributed by atoms with Gasteiger partial charge in [-0.1, -0.05) is 0 Å². The summed E-state index contributed by atoms with van der Waals surface area (Å²) in [5, 5.41) is 0.797. The van der Waals surface area contributed by atoms with Gasteiger partial charge in [-0.3, -0.25) is 0 Å². The molecule has 1 unspecified atom stereocenters. The van der Waals surface area contributed by atoms with Crippen molar-refractivity contribution in [2.45, 2.75) is 20.0 Å². The van der Waals surface area contributed by atoms with Gasteiger partial charge in [-0.15, -0.1) is 11.3 Å². The van der Waals surface area contributed by atoms with Crippen LogP contribution in [-0.4, -0.2) is 25.2 Å².